The Balaban J connectivity index is 3.76. The molecule has 0 aromatic carbocycles. The molecule has 0 aromatic rings. The zero-order valence-corrected chi connectivity index (χ0v) is 16.7. The Kier molecular flexibility index (Phi) is 16.9. The summed E-state index contributed by atoms with van der Waals surface area (Å²) in [7, 11) is 0. The number of ether oxygens (including phenoxy) is 2. The maximum absolute atomic E-state index is 11.9. The first-order valence-corrected chi connectivity index (χ1v) is 10.3. The molecule has 25 heavy (non-hydrogen) atoms. The van der Waals surface area contributed by atoms with Gasteiger partial charge in [-0.05, 0) is 26.7 Å². The zero-order chi connectivity index (χ0) is 18.8. The molecule has 5 heteroatoms. The lowest BCUT2D eigenvalue weighted by atomic mass is 10.1. The summed E-state index contributed by atoms with van der Waals surface area (Å²) in [6, 6.07) is -0.474. The summed E-state index contributed by atoms with van der Waals surface area (Å²) in [6.07, 6.45) is 13.0. The first-order chi connectivity index (χ1) is 12.2. The summed E-state index contributed by atoms with van der Waals surface area (Å²) in [4.78, 5) is 23.5. The molecule has 0 heterocycles. The quantitative estimate of drug-likeness (QED) is 0.320. The number of rotatable bonds is 17. The van der Waals surface area contributed by atoms with E-state index in [9.17, 15) is 9.59 Å². The lowest BCUT2D eigenvalue weighted by Crippen LogP contribution is -2.92. The molecule has 5 nitrogen and oxygen atoms in total. The molecular weight excluding hydrogens is 318 g/mol. The average Bonchev–Trinajstić information content (AvgIpc) is 2.59. The molecule has 0 bridgehead atoms. The summed E-state index contributed by atoms with van der Waals surface area (Å²) >= 11 is 0. The zero-order valence-electron chi connectivity index (χ0n) is 16.7. The van der Waals surface area contributed by atoms with Gasteiger partial charge in [0, 0.05) is 0 Å². The fraction of sp³-hybridized carbons (Fsp3) is 0.900. The van der Waals surface area contributed by atoms with Gasteiger partial charge in [0.2, 0.25) is 0 Å². The minimum Gasteiger partial charge on any atom is -0.466 e. The lowest BCUT2D eigenvalue weighted by molar-refractivity contribution is -0.677. The van der Waals surface area contributed by atoms with E-state index in [0.717, 1.165) is 13.0 Å². The van der Waals surface area contributed by atoms with Crippen LogP contribution in [0.25, 0.3) is 0 Å². The second kappa shape index (κ2) is 17.7. The van der Waals surface area contributed by atoms with Gasteiger partial charge in [-0.1, -0.05) is 58.3 Å². The number of nitrogens with two attached hydrogens (primary N) is 1. The van der Waals surface area contributed by atoms with E-state index in [2.05, 4.69) is 6.92 Å². The van der Waals surface area contributed by atoms with Crippen molar-refractivity contribution in [3.05, 3.63) is 0 Å². The third-order valence-corrected chi connectivity index (χ3v) is 4.29. The molecule has 0 aliphatic rings. The van der Waals surface area contributed by atoms with Crippen molar-refractivity contribution >= 4 is 11.9 Å². The Labute approximate surface area is 154 Å². The standard InChI is InChI=1S/C20H39NO4/c1-4-7-8-9-10-11-12-13-14-15-16-21-18(20(23)25-6-3)17-19(22)24-5-2/h18,21H,4-17H2,1-3H3/p+1. The topological polar surface area (TPSA) is 69.2 Å². The molecule has 0 spiro atoms. The molecule has 0 fully saturated rings. The smallest absolute Gasteiger partial charge is 0.365 e. The molecule has 0 aromatic heterocycles. The Bertz CT molecular complexity index is 334. The number of hydrogen-bond acceptors (Lipinski definition) is 4. The van der Waals surface area contributed by atoms with E-state index < -0.39 is 6.04 Å². The van der Waals surface area contributed by atoms with Crippen LogP contribution in [0.4, 0.5) is 0 Å². The number of hydrogen-bond donors (Lipinski definition) is 1. The average molecular weight is 359 g/mol. The van der Waals surface area contributed by atoms with E-state index in [1.165, 1.54) is 57.8 Å². The molecule has 0 saturated carbocycles. The van der Waals surface area contributed by atoms with Crippen LogP contribution >= 0.6 is 0 Å². The number of carbonyl (C=O) groups excluding carboxylic acids is 2. The Morgan fingerprint density at radius 1 is 0.760 bits per heavy atom. The van der Waals surface area contributed by atoms with Crippen molar-refractivity contribution in [3.8, 4) is 0 Å². The summed E-state index contributed by atoms with van der Waals surface area (Å²) in [5.74, 6) is -0.650. The molecule has 0 saturated heterocycles. The van der Waals surface area contributed by atoms with Gasteiger partial charge in [-0.3, -0.25) is 4.79 Å². The van der Waals surface area contributed by atoms with Crippen molar-refractivity contribution in [1.82, 2.24) is 0 Å². The maximum atomic E-state index is 11.9. The van der Waals surface area contributed by atoms with Gasteiger partial charge in [-0.25, -0.2) is 4.79 Å². The number of unbranched alkanes of at least 4 members (excludes halogenated alkanes) is 9. The van der Waals surface area contributed by atoms with Crippen molar-refractivity contribution in [3.63, 3.8) is 0 Å². The molecule has 1 atom stereocenters. The van der Waals surface area contributed by atoms with E-state index in [4.69, 9.17) is 9.47 Å². The molecule has 0 aliphatic carbocycles. The summed E-state index contributed by atoms with van der Waals surface area (Å²) in [5, 5.41) is 1.93. The second-order valence-electron chi connectivity index (χ2n) is 6.57. The van der Waals surface area contributed by atoms with Crippen molar-refractivity contribution in [2.24, 2.45) is 0 Å². The molecule has 0 aliphatic heterocycles. The van der Waals surface area contributed by atoms with Gasteiger partial charge in [0.25, 0.3) is 0 Å². The predicted molar refractivity (Wildman–Crippen MR) is 100 cm³/mol. The first kappa shape index (κ1) is 23.9. The third-order valence-electron chi connectivity index (χ3n) is 4.29. The van der Waals surface area contributed by atoms with E-state index in [1.54, 1.807) is 13.8 Å². The van der Waals surface area contributed by atoms with Crippen LogP contribution in [0.1, 0.15) is 91.4 Å². The first-order valence-electron chi connectivity index (χ1n) is 10.3. The van der Waals surface area contributed by atoms with Gasteiger partial charge in [-0.15, -0.1) is 0 Å². The third kappa shape index (κ3) is 14.9. The summed E-state index contributed by atoms with van der Waals surface area (Å²) < 4.78 is 10.00. The van der Waals surface area contributed by atoms with Gasteiger partial charge < -0.3 is 14.8 Å². The van der Waals surface area contributed by atoms with Crippen LogP contribution in [0.3, 0.4) is 0 Å². The monoisotopic (exact) mass is 358 g/mol. The minimum absolute atomic E-state index is 0.0877. The number of quaternary nitrogens is 1. The highest BCUT2D eigenvalue weighted by Gasteiger charge is 2.26. The SMILES string of the molecule is CCCCCCCCCCCC[NH2+]C(CC(=O)OCC)C(=O)OCC. The van der Waals surface area contributed by atoms with Crippen molar-refractivity contribution < 1.29 is 24.4 Å². The van der Waals surface area contributed by atoms with E-state index in [0.29, 0.717) is 13.2 Å². The van der Waals surface area contributed by atoms with Gasteiger partial charge in [0.1, 0.15) is 6.42 Å². The Morgan fingerprint density at radius 2 is 1.28 bits per heavy atom. The van der Waals surface area contributed by atoms with E-state index in [1.807, 2.05) is 5.32 Å². The number of esters is 2. The van der Waals surface area contributed by atoms with Gasteiger partial charge in [0.15, 0.2) is 6.04 Å². The highest BCUT2D eigenvalue weighted by atomic mass is 16.5. The molecule has 1 unspecified atom stereocenters. The van der Waals surface area contributed by atoms with Crippen LogP contribution in [0.2, 0.25) is 0 Å². The van der Waals surface area contributed by atoms with Crippen LogP contribution in [-0.2, 0) is 19.1 Å². The molecular formula is C20H40NO4+. The number of carbonyl (C=O) groups is 2. The fourth-order valence-electron chi connectivity index (χ4n) is 2.86. The second-order valence-corrected chi connectivity index (χ2v) is 6.57. The summed E-state index contributed by atoms with van der Waals surface area (Å²) in [6.45, 7) is 7.32. The van der Waals surface area contributed by atoms with Gasteiger partial charge in [0.05, 0.1) is 19.8 Å². The largest absolute Gasteiger partial charge is 0.466 e. The minimum atomic E-state index is -0.474. The van der Waals surface area contributed by atoms with E-state index >= 15 is 0 Å². The molecule has 0 amide bonds. The Morgan fingerprint density at radius 3 is 1.80 bits per heavy atom. The highest BCUT2D eigenvalue weighted by molar-refractivity contribution is 5.81. The van der Waals surface area contributed by atoms with Crippen LogP contribution in [0, 0.1) is 0 Å². The van der Waals surface area contributed by atoms with E-state index in [-0.39, 0.29) is 18.4 Å². The van der Waals surface area contributed by atoms with Crippen molar-refractivity contribution in [2.45, 2.75) is 97.4 Å². The molecule has 2 N–H and O–H groups in total. The van der Waals surface area contributed by atoms with Crippen LogP contribution in [-0.4, -0.2) is 37.7 Å². The molecule has 0 rings (SSSR count). The molecule has 148 valence electrons. The van der Waals surface area contributed by atoms with Crippen LogP contribution < -0.4 is 5.32 Å². The fourth-order valence-corrected chi connectivity index (χ4v) is 2.86. The predicted octanol–water partition coefficient (Wildman–Crippen LogP) is 3.36. The summed E-state index contributed by atoms with van der Waals surface area (Å²) in [5.41, 5.74) is 0. The highest BCUT2D eigenvalue weighted by Crippen LogP contribution is 2.10. The maximum Gasteiger partial charge on any atom is 0.365 e. The Hall–Kier alpha value is -1.10. The van der Waals surface area contributed by atoms with Crippen molar-refractivity contribution in [2.75, 3.05) is 19.8 Å². The molecule has 0 radical (unpaired) electrons. The lowest BCUT2D eigenvalue weighted by Gasteiger charge is -2.13. The van der Waals surface area contributed by atoms with Crippen LogP contribution in [0.5, 0.6) is 0 Å². The van der Waals surface area contributed by atoms with Gasteiger partial charge in [-0.2, -0.15) is 0 Å². The van der Waals surface area contributed by atoms with Crippen molar-refractivity contribution in [1.29, 1.82) is 0 Å². The van der Waals surface area contributed by atoms with Gasteiger partial charge >= 0.3 is 11.9 Å². The normalized spacial score (nSPS) is 12.0. The van der Waals surface area contributed by atoms with Crippen LogP contribution in [0.15, 0.2) is 0 Å².